The van der Waals surface area contributed by atoms with E-state index in [1.807, 2.05) is 32.3 Å². The first kappa shape index (κ1) is 37.9. The zero-order chi connectivity index (χ0) is 40.2. The second kappa shape index (κ2) is 16.6. The quantitative estimate of drug-likeness (QED) is 0.130. The third kappa shape index (κ3) is 8.23. The molecule has 0 saturated heterocycles. The first-order valence-corrected chi connectivity index (χ1v) is 19.7. The van der Waals surface area contributed by atoms with E-state index in [1.165, 1.54) is 33.4 Å². The number of hydrogen-bond donors (Lipinski definition) is 0. The van der Waals surface area contributed by atoms with Gasteiger partial charge in [-0.05, 0) is 140 Å². The van der Waals surface area contributed by atoms with E-state index in [0.29, 0.717) is 0 Å². The van der Waals surface area contributed by atoms with E-state index in [2.05, 4.69) is 193 Å². The Morgan fingerprint density at radius 1 is 0.466 bits per heavy atom. The van der Waals surface area contributed by atoms with Gasteiger partial charge in [0.15, 0.2) is 0 Å². The molecule has 0 aliphatic rings. The molecule has 8 aromatic rings. The minimum atomic E-state index is 0.796. The second-order valence-corrected chi connectivity index (χ2v) is 15.1. The third-order valence-electron chi connectivity index (χ3n) is 10.7. The van der Waals surface area contributed by atoms with Crippen LogP contribution in [0, 0.1) is 34.6 Å². The summed E-state index contributed by atoms with van der Waals surface area (Å²) in [6.07, 6.45) is 8.45. The van der Waals surface area contributed by atoms with Gasteiger partial charge < -0.3 is 9.64 Å². The Morgan fingerprint density at radius 2 is 0.948 bits per heavy atom. The van der Waals surface area contributed by atoms with Crippen molar-refractivity contribution in [1.82, 2.24) is 9.97 Å². The van der Waals surface area contributed by atoms with E-state index in [4.69, 9.17) is 4.74 Å². The average molecular weight is 754 g/mol. The molecule has 58 heavy (non-hydrogen) atoms. The van der Waals surface area contributed by atoms with Crippen molar-refractivity contribution in [3.63, 3.8) is 0 Å². The Balaban J connectivity index is 1.27. The van der Waals surface area contributed by atoms with Crippen LogP contribution in [0.5, 0.6) is 5.75 Å². The number of benzene rings is 6. The zero-order valence-corrected chi connectivity index (χ0v) is 34.0. The van der Waals surface area contributed by atoms with E-state index in [-0.39, 0.29) is 0 Å². The summed E-state index contributed by atoms with van der Waals surface area (Å²) in [6.45, 7) is 10.4. The summed E-state index contributed by atoms with van der Waals surface area (Å²) in [4.78, 5) is 11.6. The van der Waals surface area contributed by atoms with Gasteiger partial charge in [0, 0.05) is 51.7 Å². The fourth-order valence-electron chi connectivity index (χ4n) is 7.33. The van der Waals surface area contributed by atoms with E-state index in [1.54, 1.807) is 7.11 Å². The molecule has 0 atom stereocenters. The predicted molar refractivity (Wildman–Crippen MR) is 244 cm³/mol. The molecule has 2 heterocycles. The Hall–Kier alpha value is -7.04. The van der Waals surface area contributed by atoms with Crippen LogP contribution in [0.1, 0.15) is 61.5 Å². The molecule has 0 fully saturated rings. The SMILES string of the molecule is COc1ccc2c(C=C(c3ccc(C)nc3)c3ccc(C)nc3)ccc(N(c3ccc(C)cc3)c3ccc(C=C(c4ccc(C)cc4)c4ccc(C)cc4)cc3)c2c1. The van der Waals surface area contributed by atoms with Gasteiger partial charge in [-0.3, -0.25) is 9.97 Å². The van der Waals surface area contributed by atoms with Gasteiger partial charge in [-0.2, -0.15) is 0 Å². The van der Waals surface area contributed by atoms with Crippen molar-refractivity contribution >= 4 is 51.1 Å². The lowest BCUT2D eigenvalue weighted by Crippen LogP contribution is -2.11. The van der Waals surface area contributed by atoms with Crippen molar-refractivity contribution in [3.05, 3.63) is 226 Å². The Labute approximate surface area is 342 Å². The summed E-state index contributed by atoms with van der Waals surface area (Å²) in [7, 11) is 1.73. The molecule has 6 aromatic carbocycles. The van der Waals surface area contributed by atoms with E-state index in [0.717, 1.165) is 72.8 Å². The third-order valence-corrected chi connectivity index (χ3v) is 10.7. The standard InChI is InChI=1S/C54H47N3O/c1-36-7-17-42(18-8-36)51(43-19-9-37(2)10-20-43)31-41-15-26-48(27-16-41)57(47-24-11-38(3)12-25-47)54-30-23-44(50-29-28-49(58-6)33-53(50)54)32-52(45-21-13-39(4)55-34-45)46-22-14-40(5)56-35-46/h7-35H,1-6H3. The van der Waals surface area contributed by atoms with Crippen molar-refractivity contribution in [2.75, 3.05) is 12.0 Å². The van der Waals surface area contributed by atoms with Crippen LogP contribution in [0.2, 0.25) is 0 Å². The molecular formula is C54H47N3O. The predicted octanol–water partition coefficient (Wildman–Crippen LogP) is 13.8. The van der Waals surface area contributed by atoms with Gasteiger partial charge in [0.05, 0.1) is 12.8 Å². The molecule has 2 aromatic heterocycles. The molecule has 0 bridgehead atoms. The fourth-order valence-corrected chi connectivity index (χ4v) is 7.33. The highest BCUT2D eigenvalue weighted by Crippen LogP contribution is 2.42. The first-order chi connectivity index (χ1) is 28.2. The lowest BCUT2D eigenvalue weighted by Gasteiger charge is -2.28. The highest BCUT2D eigenvalue weighted by atomic mass is 16.5. The van der Waals surface area contributed by atoms with Crippen molar-refractivity contribution in [2.45, 2.75) is 34.6 Å². The van der Waals surface area contributed by atoms with Crippen LogP contribution in [0.25, 0.3) is 34.1 Å². The molecule has 0 spiro atoms. The number of nitrogens with zero attached hydrogens (tertiary/aromatic N) is 3. The Bertz CT molecular complexity index is 2650. The topological polar surface area (TPSA) is 38.3 Å². The maximum absolute atomic E-state index is 5.85. The molecule has 284 valence electrons. The number of hydrogen-bond acceptors (Lipinski definition) is 4. The number of rotatable bonds is 10. The van der Waals surface area contributed by atoms with E-state index >= 15 is 0 Å². The van der Waals surface area contributed by atoms with Gasteiger partial charge in [0.2, 0.25) is 0 Å². The molecule has 0 aliphatic carbocycles. The molecule has 0 saturated carbocycles. The molecule has 0 aliphatic heterocycles. The number of ether oxygens (including phenoxy) is 1. The molecule has 0 amide bonds. The van der Waals surface area contributed by atoms with Crippen LogP contribution in [0.15, 0.2) is 164 Å². The molecule has 0 unspecified atom stereocenters. The molecule has 0 N–H and O–H groups in total. The number of aryl methyl sites for hydroxylation is 5. The largest absolute Gasteiger partial charge is 0.497 e. The zero-order valence-electron chi connectivity index (χ0n) is 34.0. The summed E-state index contributed by atoms with van der Waals surface area (Å²) < 4.78 is 5.85. The van der Waals surface area contributed by atoms with Crippen molar-refractivity contribution < 1.29 is 4.74 Å². The van der Waals surface area contributed by atoms with Gasteiger partial charge >= 0.3 is 0 Å². The Kier molecular flexibility index (Phi) is 10.8. The van der Waals surface area contributed by atoms with Crippen LogP contribution in [0.4, 0.5) is 17.1 Å². The normalized spacial score (nSPS) is 10.9. The minimum absolute atomic E-state index is 0.796. The maximum Gasteiger partial charge on any atom is 0.119 e. The van der Waals surface area contributed by atoms with Crippen molar-refractivity contribution in [3.8, 4) is 5.75 Å². The molecule has 0 radical (unpaired) electrons. The Morgan fingerprint density at radius 3 is 1.45 bits per heavy atom. The van der Waals surface area contributed by atoms with Gasteiger partial charge in [-0.25, -0.2) is 0 Å². The summed E-state index contributed by atoms with van der Waals surface area (Å²) in [5.74, 6) is 0.796. The molecule has 4 nitrogen and oxygen atoms in total. The lowest BCUT2D eigenvalue weighted by atomic mass is 9.94. The molecule has 8 rings (SSSR count). The number of pyridine rings is 2. The smallest absolute Gasteiger partial charge is 0.119 e. The van der Waals surface area contributed by atoms with Crippen LogP contribution >= 0.6 is 0 Å². The monoisotopic (exact) mass is 753 g/mol. The number of fused-ring (bicyclic) bond motifs is 1. The lowest BCUT2D eigenvalue weighted by molar-refractivity contribution is 0.415. The van der Waals surface area contributed by atoms with Crippen LogP contribution in [-0.2, 0) is 0 Å². The molecule has 4 heteroatoms. The highest BCUT2D eigenvalue weighted by molar-refractivity contribution is 6.06. The summed E-state index contributed by atoms with van der Waals surface area (Å²) >= 11 is 0. The number of methoxy groups -OCH3 is 1. The first-order valence-electron chi connectivity index (χ1n) is 19.7. The number of aromatic nitrogens is 2. The van der Waals surface area contributed by atoms with Gasteiger partial charge in [-0.15, -0.1) is 0 Å². The summed E-state index contributed by atoms with van der Waals surface area (Å²) in [5.41, 5.74) is 17.7. The van der Waals surface area contributed by atoms with E-state index < -0.39 is 0 Å². The van der Waals surface area contributed by atoms with Crippen LogP contribution in [0.3, 0.4) is 0 Å². The van der Waals surface area contributed by atoms with Gasteiger partial charge in [-0.1, -0.05) is 114 Å². The van der Waals surface area contributed by atoms with Crippen molar-refractivity contribution in [1.29, 1.82) is 0 Å². The van der Waals surface area contributed by atoms with E-state index in [9.17, 15) is 0 Å². The highest BCUT2D eigenvalue weighted by Gasteiger charge is 2.18. The second-order valence-electron chi connectivity index (χ2n) is 15.1. The average Bonchev–Trinajstić information content (AvgIpc) is 3.25. The summed E-state index contributed by atoms with van der Waals surface area (Å²) in [6, 6.07) is 54.4. The van der Waals surface area contributed by atoms with Crippen LogP contribution < -0.4 is 9.64 Å². The number of anilines is 3. The fraction of sp³-hybridized carbons (Fsp3) is 0.111. The van der Waals surface area contributed by atoms with Crippen molar-refractivity contribution in [2.24, 2.45) is 0 Å². The van der Waals surface area contributed by atoms with Crippen LogP contribution in [-0.4, -0.2) is 17.1 Å². The van der Waals surface area contributed by atoms with Gasteiger partial charge in [0.25, 0.3) is 0 Å². The summed E-state index contributed by atoms with van der Waals surface area (Å²) in [5, 5.41) is 2.18. The van der Waals surface area contributed by atoms with Gasteiger partial charge in [0.1, 0.15) is 5.75 Å². The minimum Gasteiger partial charge on any atom is -0.497 e. The molecular weight excluding hydrogens is 707 g/mol. The maximum atomic E-state index is 5.85.